The Morgan fingerprint density at radius 3 is 2.50 bits per heavy atom. The minimum atomic E-state index is -0.108. The second-order valence-corrected chi connectivity index (χ2v) is 11.6. The van der Waals surface area contributed by atoms with Crippen molar-refractivity contribution in [3.63, 3.8) is 0 Å². The first kappa shape index (κ1) is 31.0. The number of aryl methyl sites for hydroxylation is 2. The molecule has 1 saturated heterocycles. The number of rotatable bonds is 4. The number of fused-ring (bicyclic) bond motifs is 1. The number of anilines is 1. The summed E-state index contributed by atoms with van der Waals surface area (Å²) in [6, 6.07) is 15.9. The van der Waals surface area contributed by atoms with Crippen molar-refractivity contribution in [3.05, 3.63) is 99.7 Å². The molecule has 2 aromatic carbocycles. The number of carbonyl (C=O) groups excluding carboxylic acids is 1. The highest BCUT2D eigenvalue weighted by Gasteiger charge is 2.35. The van der Waals surface area contributed by atoms with Gasteiger partial charge in [0.15, 0.2) is 0 Å². The molecule has 0 spiro atoms. The van der Waals surface area contributed by atoms with Crippen LogP contribution in [-0.4, -0.2) is 64.3 Å². The third-order valence-corrected chi connectivity index (χ3v) is 8.62. The van der Waals surface area contributed by atoms with E-state index in [2.05, 4.69) is 83.3 Å². The first-order valence-corrected chi connectivity index (χ1v) is 15.7. The van der Waals surface area contributed by atoms with Gasteiger partial charge in [0.1, 0.15) is 5.82 Å². The van der Waals surface area contributed by atoms with Crippen molar-refractivity contribution in [2.24, 2.45) is 10.9 Å². The van der Waals surface area contributed by atoms with Gasteiger partial charge in [-0.05, 0) is 84.4 Å². The number of imidazole rings is 1. The Morgan fingerprint density at radius 1 is 1.07 bits per heavy atom. The molecule has 2 unspecified atom stereocenters. The van der Waals surface area contributed by atoms with Gasteiger partial charge in [-0.25, -0.2) is 9.78 Å². The summed E-state index contributed by atoms with van der Waals surface area (Å²) in [5.74, 6) is 1.37. The third kappa shape index (κ3) is 6.68. The van der Waals surface area contributed by atoms with E-state index in [4.69, 9.17) is 10.3 Å². The molecule has 1 fully saturated rings. The zero-order valence-corrected chi connectivity index (χ0v) is 26.5. The number of urea groups is 1. The molecule has 2 atom stereocenters. The summed E-state index contributed by atoms with van der Waals surface area (Å²) in [6.07, 6.45) is 9.41. The van der Waals surface area contributed by atoms with E-state index in [9.17, 15) is 4.79 Å². The predicted molar refractivity (Wildman–Crippen MR) is 178 cm³/mol. The van der Waals surface area contributed by atoms with Gasteiger partial charge in [0.05, 0.1) is 24.2 Å². The second-order valence-electron chi connectivity index (χ2n) is 11.6. The summed E-state index contributed by atoms with van der Waals surface area (Å²) in [5.41, 5.74) is 9.20. The Balaban J connectivity index is 0.00000188. The molecule has 44 heavy (non-hydrogen) atoms. The zero-order valence-electron chi connectivity index (χ0n) is 26.5. The normalized spacial score (nSPS) is 19.8. The minimum absolute atomic E-state index is 0.0967. The van der Waals surface area contributed by atoms with Gasteiger partial charge in [-0.3, -0.25) is 9.89 Å². The molecule has 1 aliphatic carbocycles. The maximum atomic E-state index is 13.1. The number of nitrogens with one attached hydrogen (secondary N) is 1. The van der Waals surface area contributed by atoms with Crippen LogP contribution in [0, 0.1) is 31.1 Å². The van der Waals surface area contributed by atoms with Gasteiger partial charge < -0.3 is 14.8 Å². The molecule has 3 aromatic rings. The van der Waals surface area contributed by atoms with E-state index in [1.54, 1.807) is 24.3 Å². The fourth-order valence-corrected chi connectivity index (χ4v) is 6.38. The van der Waals surface area contributed by atoms with Gasteiger partial charge in [-0.2, -0.15) is 5.26 Å². The van der Waals surface area contributed by atoms with E-state index in [1.165, 1.54) is 33.4 Å². The number of nitrogens with zero attached hydrogens (tertiary/aromatic N) is 6. The van der Waals surface area contributed by atoms with Crippen molar-refractivity contribution < 1.29 is 4.79 Å². The van der Waals surface area contributed by atoms with Crippen molar-refractivity contribution in [3.8, 4) is 6.07 Å². The number of aromatic nitrogens is 2. The van der Waals surface area contributed by atoms with Gasteiger partial charge in [0.2, 0.25) is 0 Å². The Hall–Kier alpha value is -4.48. The average molecular weight is 590 g/mol. The van der Waals surface area contributed by atoms with Crippen LogP contribution in [0.25, 0.3) is 6.08 Å². The number of benzene rings is 2. The Morgan fingerprint density at radius 2 is 1.82 bits per heavy atom. The van der Waals surface area contributed by atoms with E-state index >= 15 is 0 Å². The first-order chi connectivity index (χ1) is 21.4. The molecule has 0 radical (unpaired) electrons. The average Bonchev–Trinajstić information content (AvgIpc) is 3.28. The quantitative estimate of drug-likeness (QED) is 0.363. The lowest BCUT2D eigenvalue weighted by molar-refractivity contribution is 0.124. The van der Waals surface area contributed by atoms with Gasteiger partial charge in [-0.1, -0.05) is 44.5 Å². The number of aliphatic imine (C=N–C) groups is 1. The van der Waals surface area contributed by atoms with Crippen LogP contribution in [-0.2, 0) is 6.54 Å². The van der Waals surface area contributed by atoms with E-state index in [-0.39, 0.29) is 12.1 Å². The minimum Gasteiger partial charge on any atom is -0.331 e. The fraction of sp³-hybridized carbons (Fsp3) is 0.389. The third-order valence-electron chi connectivity index (χ3n) is 8.62. The fourth-order valence-electron chi connectivity index (χ4n) is 6.38. The highest BCUT2D eigenvalue weighted by molar-refractivity contribution is 5.89. The Bertz CT molecular complexity index is 1610. The van der Waals surface area contributed by atoms with Crippen molar-refractivity contribution in [1.29, 1.82) is 5.26 Å². The van der Waals surface area contributed by atoms with E-state index in [0.29, 0.717) is 36.8 Å². The van der Waals surface area contributed by atoms with Gasteiger partial charge in [0.25, 0.3) is 0 Å². The SMILES string of the molecule is CC.Cc1ccc2c(c1)C=C(Cn1ccnc1C)C1=C(CN=CC(C)C1)C2N1CCN(C(=O)Nc2ccc(C#N)cc2)CC1. The number of hydrogen-bond donors (Lipinski definition) is 1. The maximum absolute atomic E-state index is 13.1. The molecule has 1 N–H and O–H groups in total. The molecule has 8 nitrogen and oxygen atoms in total. The lowest BCUT2D eigenvalue weighted by Crippen LogP contribution is -2.51. The number of piperazine rings is 1. The van der Waals surface area contributed by atoms with E-state index < -0.39 is 0 Å². The van der Waals surface area contributed by atoms with Crippen LogP contribution < -0.4 is 5.32 Å². The van der Waals surface area contributed by atoms with Crippen LogP contribution in [0.15, 0.2) is 76.6 Å². The summed E-state index contributed by atoms with van der Waals surface area (Å²) < 4.78 is 2.23. The standard InChI is InChI=1S/C34H37N7O.C2H6/c1-23-4-9-30-27(16-23)18-28(22-41-11-10-37-25(41)3)31-17-24(2)20-36-21-32(31)33(30)39-12-14-40(15-13-39)34(42)38-29-7-5-26(19-35)6-8-29;1-2/h4-11,16,18,20,24,33H,12-15,17,21-22H2,1-3H3,(H,38,42);1-2H3. The number of amides is 2. The van der Waals surface area contributed by atoms with Crippen molar-refractivity contribution >= 4 is 24.0 Å². The molecule has 0 bridgehead atoms. The topological polar surface area (TPSA) is 89.6 Å². The van der Waals surface area contributed by atoms with E-state index in [1.807, 2.05) is 24.9 Å². The summed E-state index contributed by atoms with van der Waals surface area (Å²) in [6.45, 7) is 14.7. The molecule has 3 aliphatic rings. The van der Waals surface area contributed by atoms with Gasteiger partial charge >= 0.3 is 6.03 Å². The molecule has 0 saturated carbocycles. The van der Waals surface area contributed by atoms with Crippen LogP contribution in [0.5, 0.6) is 0 Å². The first-order valence-electron chi connectivity index (χ1n) is 15.7. The summed E-state index contributed by atoms with van der Waals surface area (Å²) in [4.78, 5) is 26.9. The Labute approximate surface area is 261 Å². The molecular formula is C36H43N7O. The van der Waals surface area contributed by atoms with Crippen LogP contribution in [0.2, 0.25) is 0 Å². The van der Waals surface area contributed by atoms with E-state index in [0.717, 1.165) is 31.9 Å². The smallest absolute Gasteiger partial charge is 0.321 e. The molecule has 228 valence electrons. The lowest BCUT2D eigenvalue weighted by Gasteiger charge is -2.41. The molecule has 1 aromatic heterocycles. The summed E-state index contributed by atoms with van der Waals surface area (Å²) >= 11 is 0. The van der Waals surface area contributed by atoms with Crippen LogP contribution in [0.3, 0.4) is 0 Å². The maximum Gasteiger partial charge on any atom is 0.321 e. The number of hydrogen-bond acceptors (Lipinski definition) is 5. The number of allylic oxidation sites excluding steroid dienone is 2. The monoisotopic (exact) mass is 589 g/mol. The largest absolute Gasteiger partial charge is 0.331 e. The van der Waals surface area contributed by atoms with Crippen LogP contribution in [0.1, 0.15) is 61.3 Å². The molecule has 2 aliphatic heterocycles. The predicted octanol–water partition coefficient (Wildman–Crippen LogP) is 6.79. The van der Waals surface area contributed by atoms with Crippen molar-refractivity contribution in [1.82, 2.24) is 19.4 Å². The zero-order chi connectivity index (χ0) is 31.2. The lowest BCUT2D eigenvalue weighted by atomic mass is 9.87. The number of nitriles is 1. The summed E-state index contributed by atoms with van der Waals surface area (Å²) in [5, 5.41) is 12.0. The van der Waals surface area contributed by atoms with Gasteiger partial charge in [0, 0.05) is 57.0 Å². The molecule has 2 amide bonds. The van der Waals surface area contributed by atoms with Crippen molar-refractivity contribution in [2.45, 2.75) is 53.6 Å². The molecule has 6 rings (SSSR count). The van der Waals surface area contributed by atoms with Crippen LogP contribution >= 0.6 is 0 Å². The molecular weight excluding hydrogens is 546 g/mol. The van der Waals surface area contributed by atoms with Crippen LogP contribution in [0.4, 0.5) is 10.5 Å². The number of carbonyl (C=O) groups is 1. The second kappa shape index (κ2) is 13.9. The molecule has 8 heteroatoms. The van der Waals surface area contributed by atoms with Gasteiger partial charge in [-0.15, -0.1) is 0 Å². The highest BCUT2D eigenvalue weighted by Crippen LogP contribution is 2.42. The summed E-state index contributed by atoms with van der Waals surface area (Å²) in [7, 11) is 0. The molecule has 3 heterocycles. The highest BCUT2D eigenvalue weighted by atomic mass is 16.2. The Kier molecular flexibility index (Phi) is 9.76. The van der Waals surface area contributed by atoms with Crippen molar-refractivity contribution in [2.75, 3.05) is 38.0 Å².